The van der Waals surface area contributed by atoms with Crippen molar-refractivity contribution >= 4 is 5.69 Å². The van der Waals surface area contributed by atoms with Gasteiger partial charge in [-0.3, -0.25) is 0 Å². The van der Waals surface area contributed by atoms with Gasteiger partial charge in [-0.25, -0.2) is 0 Å². The lowest BCUT2D eigenvalue weighted by molar-refractivity contribution is 0.269. The van der Waals surface area contributed by atoms with E-state index in [2.05, 4.69) is 59.3 Å². The minimum Gasteiger partial charge on any atom is -0.392 e. The van der Waals surface area contributed by atoms with Crippen LogP contribution in [0, 0.1) is 0 Å². The number of aliphatic hydroxyl groups is 1. The second kappa shape index (κ2) is 6.29. The normalized spacial score (nSPS) is 19.7. The summed E-state index contributed by atoms with van der Waals surface area (Å²) in [5.41, 5.74) is 3.55. The second-order valence-electron chi connectivity index (χ2n) is 5.71. The molecular weight excluding hydrogens is 260 g/mol. The van der Waals surface area contributed by atoms with Crippen LogP contribution in [0.2, 0.25) is 0 Å². The van der Waals surface area contributed by atoms with Gasteiger partial charge in [0, 0.05) is 25.3 Å². The van der Waals surface area contributed by atoms with Crippen molar-refractivity contribution < 1.29 is 5.11 Å². The highest BCUT2D eigenvalue weighted by atomic mass is 16.3. The largest absolute Gasteiger partial charge is 0.392 e. The van der Waals surface area contributed by atoms with E-state index in [0.717, 1.165) is 25.2 Å². The first kappa shape index (κ1) is 14.1. The topological polar surface area (TPSA) is 26.7 Å². The van der Waals surface area contributed by atoms with Crippen LogP contribution in [0.4, 0.5) is 5.69 Å². The van der Waals surface area contributed by atoms with Gasteiger partial charge in [0.2, 0.25) is 0 Å². The third kappa shape index (κ3) is 3.09. The minimum absolute atomic E-state index is 0.102. The van der Waals surface area contributed by atoms with Crippen LogP contribution in [0.5, 0.6) is 0 Å². The Morgan fingerprint density at radius 1 is 1.00 bits per heavy atom. The first-order chi connectivity index (χ1) is 10.3. The molecule has 1 aliphatic heterocycles. The number of rotatable bonds is 3. The summed E-state index contributed by atoms with van der Waals surface area (Å²) < 4.78 is 0. The molecule has 1 saturated heterocycles. The van der Waals surface area contributed by atoms with Crippen molar-refractivity contribution in [2.45, 2.75) is 12.6 Å². The molecule has 0 radical (unpaired) electrons. The SMILES string of the molecule is CN1CCN(c2ccc(CO)cc2)C(c2ccccc2)C1. The highest BCUT2D eigenvalue weighted by Gasteiger charge is 2.26. The quantitative estimate of drug-likeness (QED) is 0.937. The van der Waals surface area contributed by atoms with E-state index in [0.29, 0.717) is 6.04 Å². The molecule has 0 amide bonds. The number of piperazine rings is 1. The Balaban J connectivity index is 1.90. The molecule has 3 rings (SSSR count). The first-order valence-corrected chi connectivity index (χ1v) is 7.48. The van der Waals surface area contributed by atoms with Crippen LogP contribution in [-0.2, 0) is 6.61 Å². The standard InChI is InChI=1S/C18H22N2O/c1-19-11-12-20(17-9-7-15(14-21)8-10-17)18(13-19)16-5-3-2-4-6-16/h2-10,18,21H,11-14H2,1H3. The van der Waals surface area contributed by atoms with Gasteiger partial charge in [0.05, 0.1) is 12.6 Å². The van der Waals surface area contributed by atoms with Crippen LogP contribution in [0.25, 0.3) is 0 Å². The van der Waals surface area contributed by atoms with Gasteiger partial charge in [0.15, 0.2) is 0 Å². The molecule has 0 spiro atoms. The maximum atomic E-state index is 9.18. The van der Waals surface area contributed by atoms with Gasteiger partial charge >= 0.3 is 0 Å². The van der Waals surface area contributed by atoms with E-state index in [4.69, 9.17) is 0 Å². The third-order valence-corrected chi connectivity index (χ3v) is 4.22. The Morgan fingerprint density at radius 2 is 1.71 bits per heavy atom. The average Bonchev–Trinajstić information content (AvgIpc) is 2.56. The highest BCUT2D eigenvalue weighted by molar-refractivity contribution is 5.50. The Bertz CT molecular complexity index is 568. The van der Waals surface area contributed by atoms with Gasteiger partial charge in [0.25, 0.3) is 0 Å². The molecule has 0 aromatic heterocycles. The first-order valence-electron chi connectivity index (χ1n) is 7.48. The summed E-state index contributed by atoms with van der Waals surface area (Å²) in [5.74, 6) is 0. The van der Waals surface area contributed by atoms with Crippen LogP contribution in [0.1, 0.15) is 17.2 Å². The van der Waals surface area contributed by atoms with E-state index in [1.807, 2.05) is 12.1 Å². The average molecular weight is 282 g/mol. The molecule has 1 heterocycles. The fourth-order valence-electron chi connectivity index (χ4n) is 2.98. The number of aliphatic hydroxyl groups excluding tert-OH is 1. The molecular formula is C18H22N2O. The zero-order chi connectivity index (χ0) is 14.7. The van der Waals surface area contributed by atoms with E-state index >= 15 is 0 Å². The maximum Gasteiger partial charge on any atom is 0.0681 e. The fourth-order valence-corrected chi connectivity index (χ4v) is 2.98. The van der Waals surface area contributed by atoms with Crippen molar-refractivity contribution in [1.82, 2.24) is 4.90 Å². The molecule has 3 heteroatoms. The molecule has 0 aliphatic carbocycles. The van der Waals surface area contributed by atoms with Crippen LogP contribution in [-0.4, -0.2) is 36.7 Å². The number of benzene rings is 2. The molecule has 2 aromatic rings. The van der Waals surface area contributed by atoms with E-state index in [1.54, 1.807) is 0 Å². The van der Waals surface area contributed by atoms with Crippen molar-refractivity contribution in [1.29, 1.82) is 0 Å². The minimum atomic E-state index is 0.102. The molecule has 1 unspecified atom stereocenters. The summed E-state index contributed by atoms with van der Waals surface area (Å²) in [6, 6.07) is 19.3. The lowest BCUT2D eigenvalue weighted by Crippen LogP contribution is -2.46. The maximum absolute atomic E-state index is 9.18. The van der Waals surface area contributed by atoms with Gasteiger partial charge in [-0.2, -0.15) is 0 Å². The Hall–Kier alpha value is -1.84. The van der Waals surface area contributed by atoms with Crippen LogP contribution in [0.15, 0.2) is 54.6 Å². The van der Waals surface area contributed by atoms with E-state index in [9.17, 15) is 5.11 Å². The molecule has 21 heavy (non-hydrogen) atoms. The molecule has 2 aromatic carbocycles. The summed E-state index contributed by atoms with van der Waals surface area (Å²) in [5, 5.41) is 9.18. The van der Waals surface area contributed by atoms with Crippen LogP contribution in [0.3, 0.4) is 0 Å². The van der Waals surface area contributed by atoms with E-state index < -0.39 is 0 Å². The summed E-state index contributed by atoms with van der Waals surface area (Å²) >= 11 is 0. The zero-order valence-electron chi connectivity index (χ0n) is 12.4. The lowest BCUT2D eigenvalue weighted by Gasteiger charge is -2.42. The van der Waals surface area contributed by atoms with Gasteiger partial charge in [-0.1, -0.05) is 42.5 Å². The summed E-state index contributed by atoms with van der Waals surface area (Å²) in [6.45, 7) is 3.23. The molecule has 3 nitrogen and oxygen atoms in total. The second-order valence-corrected chi connectivity index (χ2v) is 5.71. The van der Waals surface area contributed by atoms with Gasteiger partial charge in [0.1, 0.15) is 0 Å². The lowest BCUT2D eigenvalue weighted by atomic mass is 10.0. The summed E-state index contributed by atoms with van der Waals surface area (Å²) in [6.07, 6.45) is 0. The van der Waals surface area contributed by atoms with Crippen molar-refractivity contribution in [3.63, 3.8) is 0 Å². The molecule has 1 N–H and O–H groups in total. The third-order valence-electron chi connectivity index (χ3n) is 4.22. The number of hydrogen-bond acceptors (Lipinski definition) is 3. The molecule has 110 valence electrons. The number of anilines is 1. The van der Waals surface area contributed by atoms with Gasteiger partial charge < -0.3 is 14.9 Å². The number of hydrogen-bond donors (Lipinski definition) is 1. The summed E-state index contributed by atoms with van der Waals surface area (Å²) in [7, 11) is 2.18. The van der Waals surface area contributed by atoms with E-state index in [-0.39, 0.29) is 6.61 Å². The smallest absolute Gasteiger partial charge is 0.0681 e. The van der Waals surface area contributed by atoms with E-state index in [1.165, 1.54) is 11.3 Å². The van der Waals surface area contributed by atoms with Gasteiger partial charge in [-0.05, 0) is 30.3 Å². The Morgan fingerprint density at radius 3 is 2.38 bits per heavy atom. The van der Waals surface area contributed by atoms with Crippen molar-refractivity contribution in [2.75, 3.05) is 31.6 Å². The monoisotopic (exact) mass is 282 g/mol. The highest BCUT2D eigenvalue weighted by Crippen LogP contribution is 2.30. The van der Waals surface area contributed by atoms with Crippen molar-refractivity contribution in [3.05, 3.63) is 65.7 Å². The molecule has 1 fully saturated rings. The predicted molar refractivity (Wildman–Crippen MR) is 86.4 cm³/mol. The van der Waals surface area contributed by atoms with Crippen molar-refractivity contribution in [3.8, 4) is 0 Å². The fraction of sp³-hybridized carbons (Fsp3) is 0.333. The molecule has 1 aliphatic rings. The van der Waals surface area contributed by atoms with Crippen LogP contribution < -0.4 is 4.90 Å². The molecule has 0 bridgehead atoms. The zero-order valence-corrected chi connectivity index (χ0v) is 12.4. The predicted octanol–water partition coefficient (Wildman–Crippen LogP) is 2.67. The molecule has 1 atom stereocenters. The van der Waals surface area contributed by atoms with Crippen LogP contribution >= 0.6 is 0 Å². The van der Waals surface area contributed by atoms with Gasteiger partial charge in [-0.15, -0.1) is 0 Å². The number of likely N-dealkylation sites (N-methyl/N-ethyl adjacent to an activating group) is 1. The number of nitrogens with zero attached hydrogens (tertiary/aromatic N) is 2. The Kier molecular flexibility index (Phi) is 4.23. The Labute approximate surface area is 126 Å². The van der Waals surface area contributed by atoms with Crippen molar-refractivity contribution in [2.24, 2.45) is 0 Å². The summed E-state index contributed by atoms with van der Waals surface area (Å²) in [4.78, 5) is 4.85. The molecule has 0 saturated carbocycles.